The molecule has 0 N–H and O–H groups in total. The Morgan fingerprint density at radius 3 is 2.47 bits per heavy atom. The summed E-state index contributed by atoms with van der Waals surface area (Å²) in [6.45, 7) is 1.87. The third-order valence-corrected chi connectivity index (χ3v) is 5.14. The summed E-state index contributed by atoms with van der Waals surface area (Å²) >= 11 is 2.93. The number of sulfone groups is 1. The summed E-state index contributed by atoms with van der Waals surface area (Å²) in [4.78, 5) is 4.03. The fourth-order valence-electron chi connectivity index (χ4n) is 1.40. The van der Waals surface area contributed by atoms with E-state index in [4.69, 9.17) is 0 Å². The maximum atomic E-state index is 11.8. The summed E-state index contributed by atoms with van der Waals surface area (Å²) in [5, 5.41) is 0. The van der Waals surface area contributed by atoms with Crippen LogP contribution in [-0.4, -0.2) is 12.4 Å². The highest BCUT2D eigenvalue weighted by molar-refractivity contribution is 9.22. The molecule has 0 saturated heterocycles. The van der Waals surface area contributed by atoms with Gasteiger partial charge < -0.3 is 0 Å². The maximum Gasteiger partial charge on any atom is 0.232 e. The van der Waals surface area contributed by atoms with Crippen LogP contribution in [0.1, 0.15) is 11.1 Å². The molecule has 0 atom stereocenters. The van der Waals surface area contributed by atoms with Gasteiger partial charge in [0, 0.05) is 6.20 Å². The lowest BCUT2D eigenvalue weighted by Crippen LogP contribution is -2.06. The van der Waals surface area contributed by atoms with Gasteiger partial charge in [0.05, 0.1) is 4.91 Å². The quantitative estimate of drug-likeness (QED) is 0.796. The molecule has 78 valence electrons. The van der Waals surface area contributed by atoms with Crippen molar-refractivity contribution in [3.8, 4) is 0 Å². The number of aryl methyl sites for hydroxylation is 1. The Morgan fingerprint density at radius 1 is 1.27 bits per heavy atom. The lowest BCUT2D eigenvalue weighted by atomic mass is 10.1. The summed E-state index contributed by atoms with van der Waals surface area (Å²) in [6, 6.07) is 7.33. The van der Waals surface area contributed by atoms with E-state index in [0.29, 0.717) is 5.56 Å². The number of benzene rings is 1. The zero-order valence-corrected chi connectivity index (χ0v) is 10.3. The van der Waals surface area contributed by atoms with Crippen molar-refractivity contribution in [2.45, 2.75) is 6.92 Å². The van der Waals surface area contributed by atoms with Crippen molar-refractivity contribution in [3.63, 3.8) is 0 Å². The molecular weight excluding hydrogens is 278 g/mol. The SMILES string of the molecule is Cc1ccccc1C1=CN=C(Br)S1(=O)=O. The largest absolute Gasteiger partial charge is 0.236 e. The highest BCUT2D eigenvalue weighted by Gasteiger charge is 2.29. The van der Waals surface area contributed by atoms with Crippen LogP contribution in [0.25, 0.3) is 4.91 Å². The van der Waals surface area contributed by atoms with Crippen molar-refractivity contribution in [1.29, 1.82) is 0 Å². The normalized spacial score (nSPS) is 18.5. The third-order valence-electron chi connectivity index (χ3n) is 2.21. The first-order chi connectivity index (χ1) is 7.03. The van der Waals surface area contributed by atoms with Crippen molar-refractivity contribution in [2.75, 3.05) is 0 Å². The molecule has 0 spiro atoms. The minimum Gasteiger partial charge on any atom is -0.236 e. The van der Waals surface area contributed by atoms with Crippen molar-refractivity contribution < 1.29 is 8.42 Å². The van der Waals surface area contributed by atoms with Crippen molar-refractivity contribution in [2.24, 2.45) is 4.99 Å². The molecule has 0 aliphatic carbocycles. The first kappa shape index (κ1) is 10.6. The maximum absolute atomic E-state index is 11.8. The summed E-state index contributed by atoms with van der Waals surface area (Å²) in [6.07, 6.45) is 1.38. The van der Waals surface area contributed by atoms with E-state index in [-0.39, 0.29) is 8.86 Å². The minimum absolute atomic E-state index is 0.0201. The van der Waals surface area contributed by atoms with Gasteiger partial charge in [-0.05, 0) is 34.0 Å². The summed E-state index contributed by atoms with van der Waals surface area (Å²) < 4.78 is 23.6. The van der Waals surface area contributed by atoms with E-state index in [2.05, 4.69) is 20.9 Å². The lowest BCUT2D eigenvalue weighted by molar-refractivity contribution is 0.617. The molecule has 2 rings (SSSR count). The topological polar surface area (TPSA) is 46.5 Å². The molecule has 0 saturated carbocycles. The average Bonchev–Trinajstić information content (AvgIpc) is 2.44. The fraction of sp³-hybridized carbons (Fsp3) is 0.100. The molecule has 3 nitrogen and oxygen atoms in total. The smallest absolute Gasteiger partial charge is 0.232 e. The van der Waals surface area contributed by atoms with E-state index in [1.807, 2.05) is 25.1 Å². The summed E-state index contributed by atoms with van der Waals surface area (Å²) in [5.41, 5.74) is 1.63. The van der Waals surface area contributed by atoms with Gasteiger partial charge in [0.25, 0.3) is 0 Å². The van der Waals surface area contributed by atoms with Crippen molar-refractivity contribution in [1.82, 2.24) is 0 Å². The van der Waals surface area contributed by atoms with E-state index in [1.54, 1.807) is 6.07 Å². The Labute approximate surface area is 96.6 Å². The van der Waals surface area contributed by atoms with Gasteiger partial charge in [0.15, 0.2) is 0 Å². The lowest BCUT2D eigenvalue weighted by Gasteiger charge is -2.05. The van der Waals surface area contributed by atoms with Crippen LogP contribution in [-0.2, 0) is 9.84 Å². The van der Waals surface area contributed by atoms with Crippen LogP contribution < -0.4 is 0 Å². The summed E-state index contributed by atoms with van der Waals surface area (Å²) in [5.74, 6) is 0. The first-order valence-corrected chi connectivity index (χ1v) is 6.55. The zero-order chi connectivity index (χ0) is 11.1. The van der Waals surface area contributed by atoms with Crippen LogP contribution >= 0.6 is 15.9 Å². The van der Waals surface area contributed by atoms with Gasteiger partial charge in [0.1, 0.15) is 0 Å². The van der Waals surface area contributed by atoms with Crippen LogP contribution in [0.4, 0.5) is 0 Å². The van der Waals surface area contributed by atoms with Crippen molar-refractivity contribution >= 4 is 34.6 Å². The van der Waals surface area contributed by atoms with Crippen molar-refractivity contribution in [3.05, 3.63) is 41.6 Å². The predicted octanol–water partition coefficient (Wildman–Crippen LogP) is 2.47. The van der Waals surface area contributed by atoms with Gasteiger partial charge in [-0.1, -0.05) is 24.3 Å². The standard InChI is InChI=1S/C10H8BrNO2S/c1-7-4-2-3-5-8(7)9-6-12-10(11)15(9,13)14/h2-6H,1H3. The van der Waals surface area contributed by atoms with E-state index in [0.717, 1.165) is 5.56 Å². The second-order valence-electron chi connectivity index (χ2n) is 3.19. The van der Waals surface area contributed by atoms with E-state index >= 15 is 0 Å². The number of hydrogen-bond donors (Lipinski definition) is 0. The summed E-state index contributed by atoms with van der Waals surface area (Å²) in [7, 11) is -3.41. The molecule has 1 heterocycles. The van der Waals surface area contributed by atoms with Gasteiger partial charge >= 0.3 is 0 Å². The third kappa shape index (κ3) is 1.66. The average molecular weight is 286 g/mol. The van der Waals surface area contributed by atoms with Crippen LogP contribution in [0.3, 0.4) is 0 Å². The molecule has 1 aliphatic heterocycles. The van der Waals surface area contributed by atoms with Crippen LogP contribution in [0.5, 0.6) is 0 Å². The number of rotatable bonds is 1. The Morgan fingerprint density at radius 2 is 1.93 bits per heavy atom. The Kier molecular flexibility index (Phi) is 2.52. The fourth-order valence-corrected chi connectivity index (χ4v) is 3.11. The predicted molar refractivity (Wildman–Crippen MR) is 64.4 cm³/mol. The van der Waals surface area contributed by atoms with Gasteiger partial charge in [-0.2, -0.15) is 0 Å². The van der Waals surface area contributed by atoms with Gasteiger partial charge in [-0.25, -0.2) is 13.4 Å². The van der Waals surface area contributed by atoms with Crippen LogP contribution in [0, 0.1) is 6.92 Å². The van der Waals surface area contributed by atoms with Gasteiger partial charge in [0.2, 0.25) is 13.8 Å². The van der Waals surface area contributed by atoms with Gasteiger partial charge in [-0.15, -0.1) is 0 Å². The molecule has 5 heteroatoms. The minimum atomic E-state index is -3.41. The molecule has 0 fully saturated rings. The molecular formula is C10H8BrNO2S. The Hall–Kier alpha value is -0.940. The number of aliphatic imine (C=N–C) groups is 1. The molecule has 1 aliphatic rings. The van der Waals surface area contributed by atoms with E-state index in [1.165, 1.54) is 6.20 Å². The molecule has 1 aromatic carbocycles. The highest BCUT2D eigenvalue weighted by Crippen LogP contribution is 2.31. The van der Waals surface area contributed by atoms with E-state index in [9.17, 15) is 8.42 Å². The monoisotopic (exact) mass is 285 g/mol. The highest BCUT2D eigenvalue weighted by atomic mass is 79.9. The molecule has 0 bridgehead atoms. The number of hydrogen-bond acceptors (Lipinski definition) is 3. The van der Waals surface area contributed by atoms with Crippen LogP contribution in [0.15, 0.2) is 35.5 Å². The van der Waals surface area contributed by atoms with Gasteiger partial charge in [-0.3, -0.25) is 0 Å². The Bertz CT molecular complexity index is 573. The Balaban J connectivity index is 2.59. The molecule has 1 aromatic rings. The number of halogens is 1. The second-order valence-corrected chi connectivity index (χ2v) is 6.30. The zero-order valence-electron chi connectivity index (χ0n) is 7.94. The number of nitrogens with zero attached hydrogens (tertiary/aromatic N) is 1. The molecule has 0 unspecified atom stereocenters. The van der Waals surface area contributed by atoms with E-state index < -0.39 is 9.84 Å². The van der Waals surface area contributed by atoms with Crippen LogP contribution in [0.2, 0.25) is 0 Å². The molecule has 0 radical (unpaired) electrons. The molecule has 0 aromatic heterocycles. The molecule has 15 heavy (non-hydrogen) atoms. The second kappa shape index (κ2) is 3.57. The first-order valence-electron chi connectivity index (χ1n) is 4.28. The molecule has 0 amide bonds.